The highest BCUT2D eigenvalue weighted by atomic mass is 19.4. The number of nitrogens with zero attached hydrogens (tertiary/aromatic N) is 1. The summed E-state index contributed by atoms with van der Waals surface area (Å²) in [7, 11) is 1.63. The van der Waals surface area contributed by atoms with Gasteiger partial charge in [-0.25, -0.2) is 4.79 Å². The lowest BCUT2D eigenvalue weighted by atomic mass is 9.68. The molecule has 0 aliphatic carbocycles. The van der Waals surface area contributed by atoms with Crippen molar-refractivity contribution in [1.29, 1.82) is 0 Å². The van der Waals surface area contributed by atoms with E-state index in [1.807, 2.05) is 48.5 Å². The predicted molar refractivity (Wildman–Crippen MR) is 141 cm³/mol. The van der Waals surface area contributed by atoms with Gasteiger partial charge in [0.15, 0.2) is 0 Å². The van der Waals surface area contributed by atoms with Gasteiger partial charge in [0.05, 0.1) is 19.4 Å². The highest BCUT2D eigenvalue weighted by molar-refractivity contribution is 5.82. The van der Waals surface area contributed by atoms with Crippen molar-refractivity contribution in [1.82, 2.24) is 15.5 Å². The molecule has 0 bridgehead atoms. The Morgan fingerprint density at radius 3 is 2.31 bits per heavy atom. The van der Waals surface area contributed by atoms with Gasteiger partial charge >= 0.3 is 18.3 Å². The highest BCUT2D eigenvalue weighted by Crippen LogP contribution is 2.44. The van der Waals surface area contributed by atoms with E-state index in [4.69, 9.17) is 14.6 Å². The standard InChI is InChI=1S/C27H32F3N3O2.C2HF3O2/c1-35-24-9-5-8-22-21(24)14-31-16-26(22)17-32-15-23(26)25(34)33-11-10-19(18-6-3-2-4-7-18)12-20(33)13-27(28,29)30;3-2(4,5)1(6)7/h2-9,19-20,23,31-32H,10-17H2,1H3;(H,6,7)/t19-,20+,23+,26+;/m1./s1. The van der Waals surface area contributed by atoms with E-state index in [-0.39, 0.29) is 11.8 Å². The molecule has 3 N–H and O–H groups in total. The summed E-state index contributed by atoms with van der Waals surface area (Å²) >= 11 is 0. The number of halogens is 6. The van der Waals surface area contributed by atoms with Crippen LogP contribution in [0.15, 0.2) is 48.5 Å². The number of amides is 1. The van der Waals surface area contributed by atoms with Crippen LogP contribution in [0, 0.1) is 5.92 Å². The maximum atomic E-state index is 14.0. The molecule has 4 atom stereocenters. The Labute approximate surface area is 239 Å². The molecule has 7 nitrogen and oxygen atoms in total. The Balaban J connectivity index is 0.000000517. The van der Waals surface area contributed by atoms with Gasteiger partial charge in [-0.1, -0.05) is 42.5 Å². The van der Waals surface area contributed by atoms with Gasteiger partial charge < -0.3 is 25.4 Å². The first-order valence-electron chi connectivity index (χ1n) is 13.6. The number of likely N-dealkylation sites (tertiary alicyclic amines) is 1. The fraction of sp³-hybridized carbons (Fsp3) is 0.517. The fourth-order valence-corrected chi connectivity index (χ4v) is 6.49. The molecule has 0 saturated carbocycles. The quantitative estimate of drug-likeness (QED) is 0.444. The average Bonchev–Trinajstić information content (AvgIpc) is 3.36. The number of benzene rings is 2. The van der Waals surface area contributed by atoms with Crippen molar-refractivity contribution in [2.24, 2.45) is 5.92 Å². The monoisotopic (exact) mass is 601 g/mol. The van der Waals surface area contributed by atoms with Gasteiger partial charge in [0, 0.05) is 49.7 Å². The maximum Gasteiger partial charge on any atom is 0.490 e. The number of ether oxygens (including phenoxy) is 1. The van der Waals surface area contributed by atoms with E-state index in [0.29, 0.717) is 45.6 Å². The second-order valence-electron chi connectivity index (χ2n) is 10.9. The third-order valence-electron chi connectivity index (χ3n) is 8.37. The van der Waals surface area contributed by atoms with Crippen LogP contribution in [0.1, 0.15) is 41.9 Å². The molecule has 1 spiro atoms. The number of methoxy groups -OCH3 is 1. The number of piperidine rings is 1. The van der Waals surface area contributed by atoms with Crippen LogP contribution in [0.3, 0.4) is 0 Å². The minimum absolute atomic E-state index is 0.0181. The Morgan fingerprint density at radius 2 is 1.69 bits per heavy atom. The van der Waals surface area contributed by atoms with Gasteiger partial charge in [0.2, 0.25) is 5.91 Å². The third-order valence-corrected chi connectivity index (χ3v) is 8.37. The molecule has 2 aromatic carbocycles. The normalized spacial score (nSPS) is 25.8. The van der Waals surface area contributed by atoms with Crippen molar-refractivity contribution in [3.8, 4) is 5.75 Å². The van der Waals surface area contributed by atoms with Crippen LogP contribution < -0.4 is 15.4 Å². The van der Waals surface area contributed by atoms with E-state index in [2.05, 4.69) is 10.6 Å². The summed E-state index contributed by atoms with van der Waals surface area (Å²) in [5.41, 5.74) is 2.62. The molecular weight excluding hydrogens is 568 g/mol. The smallest absolute Gasteiger partial charge is 0.490 e. The van der Waals surface area contributed by atoms with Crippen molar-refractivity contribution in [2.45, 2.75) is 55.5 Å². The van der Waals surface area contributed by atoms with Gasteiger partial charge in [-0.2, -0.15) is 26.3 Å². The number of hydrogen-bond acceptors (Lipinski definition) is 5. The molecule has 2 saturated heterocycles. The van der Waals surface area contributed by atoms with Crippen LogP contribution in [0.5, 0.6) is 5.75 Å². The number of carboxylic acids is 1. The molecule has 3 aliphatic rings. The van der Waals surface area contributed by atoms with E-state index >= 15 is 0 Å². The Kier molecular flexibility index (Phi) is 9.41. The van der Waals surface area contributed by atoms with Crippen molar-refractivity contribution in [2.75, 3.05) is 33.3 Å². The van der Waals surface area contributed by atoms with E-state index in [1.165, 1.54) is 0 Å². The highest BCUT2D eigenvalue weighted by Gasteiger charge is 2.53. The zero-order valence-corrected chi connectivity index (χ0v) is 22.9. The Bertz CT molecular complexity index is 1260. The number of hydrogen-bond donors (Lipinski definition) is 3. The number of aliphatic carboxylic acids is 1. The van der Waals surface area contributed by atoms with E-state index < -0.39 is 42.1 Å². The summed E-state index contributed by atoms with van der Waals surface area (Å²) in [4.78, 5) is 24.5. The molecular formula is C29H33F6N3O4. The van der Waals surface area contributed by atoms with Crippen molar-refractivity contribution in [3.05, 3.63) is 65.2 Å². The summed E-state index contributed by atoms with van der Waals surface area (Å²) in [5.74, 6) is -2.58. The second-order valence-corrected chi connectivity index (χ2v) is 10.9. The molecule has 42 heavy (non-hydrogen) atoms. The Morgan fingerprint density at radius 1 is 1.02 bits per heavy atom. The molecule has 230 valence electrons. The van der Waals surface area contributed by atoms with Gasteiger partial charge in [0.25, 0.3) is 0 Å². The van der Waals surface area contributed by atoms with Crippen LogP contribution >= 0.6 is 0 Å². The average molecular weight is 602 g/mol. The predicted octanol–water partition coefficient (Wildman–Crippen LogP) is 4.62. The zero-order valence-electron chi connectivity index (χ0n) is 22.9. The van der Waals surface area contributed by atoms with Gasteiger partial charge in [0.1, 0.15) is 5.75 Å². The number of carbonyl (C=O) groups is 2. The molecule has 13 heteroatoms. The maximum absolute atomic E-state index is 14.0. The topological polar surface area (TPSA) is 90.9 Å². The van der Waals surface area contributed by atoms with E-state index in [9.17, 15) is 31.1 Å². The molecule has 2 aromatic rings. The summed E-state index contributed by atoms with van der Waals surface area (Å²) in [6.45, 7) is 2.63. The molecule has 3 heterocycles. The van der Waals surface area contributed by atoms with Crippen LogP contribution in [-0.4, -0.2) is 73.6 Å². The lowest BCUT2D eigenvalue weighted by molar-refractivity contribution is -0.192. The van der Waals surface area contributed by atoms with Gasteiger partial charge in [-0.3, -0.25) is 4.79 Å². The van der Waals surface area contributed by atoms with Crippen LogP contribution in [0.25, 0.3) is 0 Å². The molecule has 5 rings (SSSR count). The Hall–Kier alpha value is -3.32. The lowest BCUT2D eigenvalue weighted by Gasteiger charge is -2.45. The molecule has 2 fully saturated rings. The van der Waals surface area contributed by atoms with E-state index in [1.54, 1.807) is 12.0 Å². The number of nitrogens with one attached hydrogen (secondary N) is 2. The molecule has 3 aliphatic heterocycles. The van der Waals surface area contributed by atoms with Crippen LogP contribution in [0.4, 0.5) is 26.3 Å². The summed E-state index contributed by atoms with van der Waals surface area (Å²) in [6.07, 6.45) is -9.40. The number of carboxylic acid groups (broad SMARTS) is 1. The second kappa shape index (κ2) is 12.5. The van der Waals surface area contributed by atoms with Crippen molar-refractivity contribution >= 4 is 11.9 Å². The first-order valence-corrected chi connectivity index (χ1v) is 13.6. The minimum Gasteiger partial charge on any atom is -0.496 e. The number of rotatable bonds is 4. The van der Waals surface area contributed by atoms with Crippen molar-refractivity contribution < 1.29 is 45.8 Å². The largest absolute Gasteiger partial charge is 0.496 e. The van der Waals surface area contributed by atoms with Gasteiger partial charge in [-0.15, -0.1) is 0 Å². The SMILES string of the molecule is COc1cccc2c1CNC[C@]21CNC[C@H]1C(=O)N1CC[C@@H](c2ccccc2)C[C@H]1CC(F)(F)F.O=C(O)C(F)(F)F. The molecule has 0 radical (unpaired) electrons. The molecule has 0 unspecified atom stereocenters. The number of carbonyl (C=O) groups excluding carboxylic acids is 1. The van der Waals surface area contributed by atoms with Crippen LogP contribution in [0.2, 0.25) is 0 Å². The fourth-order valence-electron chi connectivity index (χ4n) is 6.49. The van der Waals surface area contributed by atoms with Gasteiger partial charge in [-0.05, 0) is 36.0 Å². The lowest BCUT2D eigenvalue weighted by Crippen LogP contribution is -2.56. The third kappa shape index (κ3) is 6.83. The number of alkyl halides is 6. The summed E-state index contributed by atoms with van der Waals surface area (Å²) in [6, 6.07) is 14.7. The summed E-state index contributed by atoms with van der Waals surface area (Å²) < 4.78 is 78.2. The molecule has 0 aromatic heterocycles. The van der Waals surface area contributed by atoms with E-state index in [0.717, 1.165) is 22.4 Å². The molecule has 1 amide bonds. The first-order chi connectivity index (χ1) is 19.8. The minimum atomic E-state index is -5.08. The summed E-state index contributed by atoms with van der Waals surface area (Å²) in [5, 5.41) is 13.9. The number of fused-ring (bicyclic) bond motifs is 2. The zero-order chi connectivity index (χ0) is 30.7. The van der Waals surface area contributed by atoms with Crippen LogP contribution in [-0.2, 0) is 21.5 Å². The first kappa shape index (κ1) is 31.6. The van der Waals surface area contributed by atoms with Crippen molar-refractivity contribution in [3.63, 3.8) is 0 Å².